The molecule has 4 rings (SSSR count). The summed E-state index contributed by atoms with van der Waals surface area (Å²) in [5.74, 6) is -4.07. The molecule has 31 heavy (non-hydrogen) atoms. The van der Waals surface area contributed by atoms with Gasteiger partial charge in [-0.15, -0.1) is 0 Å². The van der Waals surface area contributed by atoms with Crippen molar-refractivity contribution in [2.75, 3.05) is 16.8 Å². The van der Waals surface area contributed by atoms with Gasteiger partial charge in [-0.25, -0.2) is 8.78 Å². The van der Waals surface area contributed by atoms with Crippen molar-refractivity contribution >= 4 is 40.7 Å². The van der Waals surface area contributed by atoms with Crippen molar-refractivity contribution in [1.82, 2.24) is 5.32 Å². The molecule has 2 aliphatic heterocycles. The van der Waals surface area contributed by atoms with Gasteiger partial charge in [0.15, 0.2) is 11.6 Å². The molecule has 3 N–H and O–H groups in total. The molecule has 2 heterocycles. The molecule has 0 bridgehead atoms. The number of carbonyl (C=O) groups excluding carboxylic acids is 3. The summed E-state index contributed by atoms with van der Waals surface area (Å²) in [7, 11) is 0. The lowest BCUT2D eigenvalue weighted by molar-refractivity contribution is -0.149. The van der Waals surface area contributed by atoms with Crippen molar-refractivity contribution in [2.45, 2.75) is 31.4 Å². The van der Waals surface area contributed by atoms with Gasteiger partial charge in [0.05, 0.1) is 0 Å². The lowest BCUT2D eigenvalue weighted by Crippen LogP contribution is -2.52. The van der Waals surface area contributed by atoms with Gasteiger partial charge >= 0.3 is 0 Å². The normalized spacial score (nSPS) is 20.5. The molecule has 2 aromatic carbocycles. The summed E-state index contributed by atoms with van der Waals surface area (Å²) in [6, 6.07) is 6.69. The lowest BCUT2D eigenvalue weighted by atomic mass is 10.0. The second-order valence-electron chi connectivity index (χ2n) is 7.50. The van der Waals surface area contributed by atoms with Crippen LogP contribution in [0.2, 0.25) is 5.02 Å². The van der Waals surface area contributed by atoms with Gasteiger partial charge in [-0.1, -0.05) is 11.6 Å². The Hall–Kier alpha value is -3.04. The van der Waals surface area contributed by atoms with E-state index in [0.29, 0.717) is 24.2 Å². The van der Waals surface area contributed by atoms with Crippen molar-refractivity contribution in [1.29, 1.82) is 0 Å². The summed E-state index contributed by atoms with van der Waals surface area (Å²) in [6.45, 7) is -0.178. The number of benzene rings is 2. The van der Waals surface area contributed by atoms with E-state index in [-0.39, 0.29) is 36.0 Å². The van der Waals surface area contributed by atoms with Gasteiger partial charge in [0, 0.05) is 42.3 Å². The highest BCUT2D eigenvalue weighted by Crippen LogP contribution is 2.33. The van der Waals surface area contributed by atoms with Crippen molar-refractivity contribution in [2.24, 2.45) is 0 Å². The molecule has 7 nitrogen and oxygen atoms in total. The van der Waals surface area contributed by atoms with Crippen LogP contribution >= 0.6 is 11.6 Å². The minimum atomic E-state index is -2.30. The summed E-state index contributed by atoms with van der Waals surface area (Å²) in [4.78, 5) is 38.3. The molecule has 0 spiro atoms. The fourth-order valence-corrected chi connectivity index (χ4v) is 3.94. The van der Waals surface area contributed by atoms with Crippen molar-refractivity contribution < 1.29 is 28.3 Å². The number of anilines is 2. The van der Waals surface area contributed by atoms with Gasteiger partial charge in [0.2, 0.25) is 11.5 Å². The quantitative estimate of drug-likeness (QED) is 0.492. The topological polar surface area (TPSA) is 98.7 Å². The van der Waals surface area contributed by atoms with Crippen LogP contribution in [0, 0.1) is 11.6 Å². The predicted molar refractivity (Wildman–Crippen MR) is 109 cm³/mol. The number of nitrogens with one attached hydrogen (secondary N) is 2. The molecule has 0 radical (unpaired) electrons. The second-order valence-corrected chi connectivity index (χ2v) is 7.90. The fourth-order valence-electron chi connectivity index (χ4n) is 3.72. The van der Waals surface area contributed by atoms with Crippen LogP contribution in [0.1, 0.15) is 24.0 Å². The number of nitrogens with zero attached hydrogens (tertiary/aromatic N) is 1. The third-order valence-electron chi connectivity index (χ3n) is 5.50. The van der Waals surface area contributed by atoms with Crippen LogP contribution in [0.4, 0.5) is 20.2 Å². The number of aryl methyl sites for hydroxylation is 1. The molecule has 2 aliphatic rings. The third-order valence-corrected chi connectivity index (χ3v) is 5.85. The van der Waals surface area contributed by atoms with Gasteiger partial charge in [-0.3, -0.25) is 14.4 Å². The second kappa shape index (κ2) is 7.90. The Bertz CT molecular complexity index is 1110. The fraction of sp³-hybridized carbons (Fsp3) is 0.286. The Morgan fingerprint density at radius 2 is 1.94 bits per heavy atom. The van der Waals surface area contributed by atoms with Crippen LogP contribution in [0.3, 0.4) is 0 Å². The SMILES string of the molecule is O=C1CCc2cc(N3CC[C@](O)(C(=O)NCc4cc(F)c(F)cc4Cl)C3=O)ccc2N1. The molecule has 162 valence electrons. The first-order chi connectivity index (χ1) is 14.7. The van der Waals surface area contributed by atoms with E-state index in [1.54, 1.807) is 18.2 Å². The third kappa shape index (κ3) is 3.86. The maximum Gasteiger partial charge on any atom is 0.268 e. The maximum atomic E-state index is 13.4. The van der Waals surface area contributed by atoms with E-state index in [0.717, 1.165) is 17.7 Å². The Kier molecular flexibility index (Phi) is 5.40. The van der Waals surface area contributed by atoms with Gasteiger partial charge in [0.1, 0.15) is 0 Å². The van der Waals surface area contributed by atoms with Crippen LogP contribution in [0.25, 0.3) is 0 Å². The average Bonchev–Trinajstić information content (AvgIpc) is 3.05. The van der Waals surface area contributed by atoms with Gasteiger partial charge in [-0.2, -0.15) is 0 Å². The highest BCUT2D eigenvalue weighted by Gasteiger charge is 2.51. The molecular formula is C21H18ClF2N3O4. The van der Waals surface area contributed by atoms with E-state index in [9.17, 15) is 28.3 Å². The molecule has 1 fully saturated rings. The summed E-state index contributed by atoms with van der Waals surface area (Å²) in [5, 5.41) is 15.8. The van der Waals surface area contributed by atoms with Crippen LogP contribution in [0.15, 0.2) is 30.3 Å². The van der Waals surface area contributed by atoms with Gasteiger partial charge in [0.25, 0.3) is 11.8 Å². The molecule has 0 unspecified atom stereocenters. The molecular weight excluding hydrogens is 432 g/mol. The number of aliphatic hydroxyl groups is 1. The molecule has 0 aromatic heterocycles. The average molecular weight is 450 g/mol. The first-order valence-corrected chi connectivity index (χ1v) is 9.95. The van der Waals surface area contributed by atoms with E-state index < -0.39 is 29.0 Å². The Morgan fingerprint density at radius 1 is 1.19 bits per heavy atom. The predicted octanol–water partition coefficient (Wildman–Crippen LogP) is 2.29. The molecule has 0 aliphatic carbocycles. The van der Waals surface area contributed by atoms with Crippen LogP contribution in [0.5, 0.6) is 0 Å². The standard InChI is InChI=1S/C21H18ClF2N3O4/c22-14-9-16(24)15(23)8-12(14)10-25-19(29)21(31)5-6-27(20(21)30)13-2-3-17-11(7-13)1-4-18(28)26-17/h2-3,7-9,31H,1,4-6,10H2,(H,25,29)(H,26,28)/t21-/m0/s1. The smallest absolute Gasteiger partial charge is 0.268 e. The monoisotopic (exact) mass is 449 g/mol. The van der Waals surface area contributed by atoms with Crippen LogP contribution < -0.4 is 15.5 Å². The molecule has 0 saturated carbocycles. The van der Waals surface area contributed by atoms with Gasteiger partial charge < -0.3 is 20.6 Å². The number of halogens is 3. The first kappa shape index (κ1) is 21.2. The van der Waals surface area contributed by atoms with Crippen LogP contribution in [-0.4, -0.2) is 35.0 Å². The number of amides is 3. The largest absolute Gasteiger partial charge is 0.372 e. The maximum absolute atomic E-state index is 13.4. The highest BCUT2D eigenvalue weighted by molar-refractivity contribution is 6.31. The summed E-state index contributed by atoms with van der Waals surface area (Å²) >= 11 is 5.86. The molecule has 10 heteroatoms. The lowest BCUT2D eigenvalue weighted by Gasteiger charge is -2.24. The van der Waals surface area contributed by atoms with Crippen LogP contribution in [-0.2, 0) is 27.3 Å². The van der Waals surface area contributed by atoms with E-state index in [1.807, 2.05) is 0 Å². The summed E-state index contributed by atoms with van der Waals surface area (Å²) < 4.78 is 26.6. The van der Waals surface area contributed by atoms with Crippen molar-refractivity contribution in [3.63, 3.8) is 0 Å². The van der Waals surface area contributed by atoms with Crippen molar-refractivity contribution in [3.8, 4) is 0 Å². The minimum absolute atomic E-state index is 0.0790. The van der Waals surface area contributed by atoms with E-state index in [1.165, 1.54) is 4.90 Å². The first-order valence-electron chi connectivity index (χ1n) is 9.58. The zero-order valence-electron chi connectivity index (χ0n) is 16.2. The number of hydrogen-bond acceptors (Lipinski definition) is 4. The number of carbonyl (C=O) groups is 3. The van der Waals surface area contributed by atoms with E-state index in [2.05, 4.69) is 10.6 Å². The number of fused-ring (bicyclic) bond motifs is 1. The van der Waals surface area contributed by atoms with E-state index >= 15 is 0 Å². The molecule has 2 aromatic rings. The van der Waals surface area contributed by atoms with E-state index in [4.69, 9.17) is 11.6 Å². The number of hydrogen-bond donors (Lipinski definition) is 3. The number of rotatable bonds is 4. The molecule has 1 saturated heterocycles. The summed E-state index contributed by atoms with van der Waals surface area (Å²) in [5.41, 5.74) is -0.153. The zero-order chi connectivity index (χ0) is 22.3. The Labute approximate surface area is 181 Å². The summed E-state index contributed by atoms with van der Waals surface area (Å²) in [6.07, 6.45) is 0.719. The highest BCUT2D eigenvalue weighted by atomic mass is 35.5. The van der Waals surface area contributed by atoms with Gasteiger partial charge in [-0.05, 0) is 47.9 Å². The molecule has 1 atom stereocenters. The molecule has 3 amide bonds. The Morgan fingerprint density at radius 3 is 2.71 bits per heavy atom. The zero-order valence-corrected chi connectivity index (χ0v) is 16.9. The minimum Gasteiger partial charge on any atom is -0.372 e. The Balaban J connectivity index is 1.48. The van der Waals surface area contributed by atoms with Crippen molar-refractivity contribution in [3.05, 3.63) is 58.1 Å².